The highest BCUT2D eigenvalue weighted by molar-refractivity contribution is 6.08. The van der Waals surface area contributed by atoms with Gasteiger partial charge in [0, 0.05) is 19.0 Å². The lowest BCUT2D eigenvalue weighted by atomic mass is 9.58. The number of ether oxygens (including phenoxy) is 2. The van der Waals surface area contributed by atoms with Gasteiger partial charge in [-0.1, -0.05) is 23.8 Å². The second-order valence-corrected chi connectivity index (χ2v) is 11.1. The monoisotopic (exact) mass is 596 g/mol. The van der Waals surface area contributed by atoms with Crippen LogP contribution in [-0.2, 0) is 28.8 Å². The highest BCUT2D eigenvalue weighted by Gasteiger charge is 2.61. The number of allylic oxidation sites excluding steroid dienone is 3. The van der Waals surface area contributed by atoms with Crippen molar-refractivity contribution in [1.82, 2.24) is 9.80 Å². The summed E-state index contributed by atoms with van der Waals surface area (Å²) in [6.45, 7) is -0.527. The Labute approximate surface area is 246 Å². The average molecular weight is 597 g/mol. The summed E-state index contributed by atoms with van der Waals surface area (Å²) in [6, 6.07) is 3.13. The molecule has 0 spiro atoms. The minimum Gasteiger partial charge on any atom is -0.502 e. The van der Waals surface area contributed by atoms with E-state index < -0.39 is 77.5 Å². The van der Waals surface area contributed by atoms with E-state index in [-0.39, 0.29) is 49.6 Å². The molecule has 0 unspecified atom stereocenters. The first kappa shape index (κ1) is 29.8. The molecule has 13 nitrogen and oxygen atoms in total. The number of phenolic OH excluding ortho intramolecular Hbond substituents is 1. The van der Waals surface area contributed by atoms with E-state index in [2.05, 4.69) is 0 Å². The van der Waals surface area contributed by atoms with Crippen molar-refractivity contribution in [3.05, 3.63) is 35.4 Å². The second kappa shape index (κ2) is 11.5. The van der Waals surface area contributed by atoms with Crippen LogP contribution in [0.2, 0.25) is 0 Å². The van der Waals surface area contributed by atoms with Crippen molar-refractivity contribution in [2.75, 3.05) is 27.3 Å². The number of likely N-dealkylation sites (tertiary alicyclic amines) is 2. The maximum absolute atomic E-state index is 13.6. The molecular weight excluding hydrogens is 564 g/mol. The Morgan fingerprint density at radius 1 is 0.837 bits per heavy atom. The van der Waals surface area contributed by atoms with Crippen LogP contribution in [0.1, 0.15) is 31.2 Å². The van der Waals surface area contributed by atoms with E-state index in [9.17, 15) is 39.0 Å². The van der Waals surface area contributed by atoms with Crippen molar-refractivity contribution in [3.63, 3.8) is 0 Å². The van der Waals surface area contributed by atoms with Crippen molar-refractivity contribution in [1.29, 1.82) is 0 Å². The van der Waals surface area contributed by atoms with Crippen molar-refractivity contribution in [2.24, 2.45) is 35.5 Å². The fraction of sp³-hybridized carbons (Fsp3) is 0.467. The number of amides is 4. The number of nitrogens with zero attached hydrogens (tertiary/aromatic N) is 2. The third-order valence-corrected chi connectivity index (χ3v) is 8.98. The Bertz CT molecular complexity index is 1440. The van der Waals surface area contributed by atoms with Crippen molar-refractivity contribution in [3.8, 4) is 17.2 Å². The largest absolute Gasteiger partial charge is 0.502 e. The Hall–Kier alpha value is -4.68. The number of hydrogen-bond donors (Lipinski definition) is 3. The summed E-state index contributed by atoms with van der Waals surface area (Å²) >= 11 is 0. The number of fused-ring (bicyclic) bond motifs is 4. The highest BCUT2D eigenvalue weighted by atomic mass is 16.5. The Morgan fingerprint density at radius 3 is 1.91 bits per heavy atom. The van der Waals surface area contributed by atoms with Gasteiger partial charge in [0.15, 0.2) is 11.5 Å². The summed E-state index contributed by atoms with van der Waals surface area (Å²) in [6.07, 6.45) is 4.84. The minimum absolute atomic E-state index is 0.128. The number of rotatable bonds is 10. The average Bonchev–Trinajstić information content (AvgIpc) is 3.36. The van der Waals surface area contributed by atoms with Crippen molar-refractivity contribution in [2.45, 2.75) is 25.7 Å². The van der Waals surface area contributed by atoms with Gasteiger partial charge in [0.1, 0.15) is 0 Å². The minimum atomic E-state index is -1.15. The van der Waals surface area contributed by atoms with Gasteiger partial charge in [-0.2, -0.15) is 0 Å². The number of aliphatic carboxylic acids is 2. The number of methoxy groups -OCH3 is 2. The van der Waals surface area contributed by atoms with Gasteiger partial charge >= 0.3 is 11.9 Å². The zero-order chi connectivity index (χ0) is 31.2. The van der Waals surface area contributed by atoms with Gasteiger partial charge in [0.05, 0.1) is 50.7 Å². The molecule has 0 bridgehead atoms. The van der Waals surface area contributed by atoms with E-state index in [4.69, 9.17) is 14.6 Å². The summed E-state index contributed by atoms with van der Waals surface area (Å²) in [5.41, 5.74) is 1.30. The molecule has 1 aromatic rings. The van der Waals surface area contributed by atoms with Gasteiger partial charge < -0.3 is 24.8 Å². The van der Waals surface area contributed by atoms with Crippen LogP contribution in [-0.4, -0.2) is 88.0 Å². The van der Waals surface area contributed by atoms with Crippen molar-refractivity contribution < 1.29 is 53.6 Å². The number of carboxylic acid groups (broad SMARTS) is 2. The molecule has 43 heavy (non-hydrogen) atoms. The standard InChI is InChI=1S/C30H32N2O11/c1-42-20-11-14(12-21(43-2)26(20)37)3-4-16-15-5-6-17-25(30(41)31(27(17)38)9-7-22(33)34)18(15)13-19-24(16)29(40)32(28(19)39)10-8-23(35)36/h3-5,11-12,16-19,24-25,37H,6-10,13H2,1-2H3,(H,33,34)(H,35,36)/t16-,17-,18+,19+,24-,25-/m0/s1. The van der Waals surface area contributed by atoms with Gasteiger partial charge in [-0.25, -0.2) is 0 Å². The van der Waals surface area contributed by atoms with Gasteiger partial charge in [-0.15, -0.1) is 0 Å². The van der Waals surface area contributed by atoms with E-state index in [1.54, 1.807) is 24.3 Å². The normalized spacial score (nSPS) is 28.1. The van der Waals surface area contributed by atoms with E-state index in [1.807, 2.05) is 6.08 Å². The predicted molar refractivity (Wildman–Crippen MR) is 146 cm³/mol. The maximum atomic E-state index is 13.6. The number of carboxylic acids is 2. The first-order valence-corrected chi connectivity index (χ1v) is 14.0. The van der Waals surface area contributed by atoms with Gasteiger partial charge in [-0.3, -0.25) is 38.6 Å². The molecule has 6 atom stereocenters. The molecule has 3 N–H and O–H groups in total. The zero-order valence-electron chi connectivity index (χ0n) is 23.6. The third kappa shape index (κ3) is 5.12. The van der Waals surface area contributed by atoms with E-state index in [1.165, 1.54) is 14.2 Å². The molecule has 0 radical (unpaired) electrons. The van der Waals surface area contributed by atoms with Crippen LogP contribution in [0, 0.1) is 35.5 Å². The molecule has 2 aliphatic heterocycles. The number of phenols is 1. The molecule has 3 fully saturated rings. The van der Waals surface area contributed by atoms with Crippen molar-refractivity contribution >= 4 is 41.6 Å². The van der Waals surface area contributed by atoms with E-state index >= 15 is 0 Å². The molecule has 2 aliphatic carbocycles. The van der Waals surface area contributed by atoms with Crippen LogP contribution in [0.5, 0.6) is 17.2 Å². The first-order valence-electron chi connectivity index (χ1n) is 14.0. The van der Waals surface area contributed by atoms with E-state index in [0.717, 1.165) is 15.4 Å². The fourth-order valence-electron chi connectivity index (χ4n) is 7.06. The third-order valence-electron chi connectivity index (χ3n) is 8.98. The number of carbonyl (C=O) groups excluding carboxylic acids is 4. The summed E-state index contributed by atoms with van der Waals surface area (Å²) < 4.78 is 10.5. The molecule has 5 rings (SSSR count). The number of benzene rings is 1. The smallest absolute Gasteiger partial charge is 0.305 e. The SMILES string of the molecule is COc1cc(C=C[C@H]2C3=CC[C@@H]4C(=O)N(CCC(=O)O)C(=O)[C@@H]4[C@@H]3C[C@H]3C(=O)N(CCC(=O)O)C(=O)[C@@H]23)cc(OC)c1O. The molecule has 2 heterocycles. The Kier molecular flexibility index (Phi) is 8.00. The Morgan fingerprint density at radius 2 is 1.37 bits per heavy atom. The molecule has 13 heteroatoms. The van der Waals surface area contributed by atoms with Crippen LogP contribution in [0.3, 0.4) is 0 Å². The molecule has 228 valence electrons. The molecule has 4 aliphatic rings. The van der Waals surface area contributed by atoms with Crippen LogP contribution in [0.15, 0.2) is 29.9 Å². The zero-order valence-corrected chi connectivity index (χ0v) is 23.6. The number of aromatic hydroxyl groups is 1. The lowest BCUT2D eigenvalue weighted by molar-refractivity contribution is -0.145. The van der Waals surface area contributed by atoms with Crippen LogP contribution >= 0.6 is 0 Å². The van der Waals surface area contributed by atoms with Crippen LogP contribution in [0.25, 0.3) is 6.08 Å². The summed E-state index contributed by atoms with van der Waals surface area (Å²) in [7, 11) is 2.77. The van der Waals surface area contributed by atoms with Crippen LogP contribution in [0.4, 0.5) is 0 Å². The first-order chi connectivity index (χ1) is 20.5. The van der Waals surface area contributed by atoms with E-state index in [0.29, 0.717) is 5.56 Å². The van der Waals surface area contributed by atoms with Gasteiger partial charge in [0.25, 0.3) is 0 Å². The Balaban J connectivity index is 1.54. The van der Waals surface area contributed by atoms with Gasteiger partial charge in [-0.05, 0) is 36.5 Å². The molecular formula is C30H32N2O11. The summed E-state index contributed by atoms with van der Waals surface area (Å²) in [4.78, 5) is 78.2. The lowest BCUT2D eigenvalue weighted by Crippen LogP contribution is -2.43. The lowest BCUT2D eigenvalue weighted by Gasteiger charge is -2.42. The van der Waals surface area contributed by atoms with Gasteiger partial charge in [0.2, 0.25) is 29.4 Å². The predicted octanol–water partition coefficient (Wildman–Crippen LogP) is 1.54. The molecule has 4 amide bonds. The summed E-state index contributed by atoms with van der Waals surface area (Å²) in [5.74, 6) is -8.50. The fourth-order valence-corrected chi connectivity index (χ4v) is 7.06. The molecule has 1 saturated carbocycles. The quantitative estimate of drug-likeness (QED) is 0.263. The maximum Gasteiger partial charge on any atom is 0.305 e. The molecule has 0 aromatic heterocycles. The summed E-state index contributed by atoms with van der Waals surface area (Å²) in [5, 5.41) is 28.6. The number of hydrogen-bond acceptors (Lipinski definition) is 9. The topological polar surface area (TPSA) is 188 Å². The molecule has 2 saturated heterocycles. The molecule has 1 aromatic carbocycles. The highest BCUT2D eigenvalue weighted by Crippen LogP contribution is 2.55. The second-order valence-electron chi connectivity index (χ2n) is 11.1. The number of imide groups is 2. The number of carbonyl (C=O) groups is 6. The van der Waals surface area contributed by atoms with Crippen LogP contribution < -0.4 is 9.47 Å².